The van der Waals surface area contributed by atoms with Gasteiger partial charge in [-0.15, -0.1) is 0 Å². The Balaban J connectivity index is 2.13. The van der Waals surface area contributed by atoms with Gasteiger partial charge in [0, 0.05) is 6.61 Å². The summed E-state index contributed by atoms with van der Waals surface area (Å²) in [4.78, 5) is 4.35. The molecule has 0 aliphatic carbocycles. The lowest BCUT2D eigenvalue weighted by atomic mass is 10.2. The number of hydrogen-bond donors (Lipinski definition) is 1. The van der Waals surface area contributed by atoms with Crippen molar-refractivity contribution in [2.45, 2.75) is 18.9 Å². The highest BCUT2D eigenvalue weighted by Gasteiger charge is 2.21. The number of aromatic nitrogens is 2. The summed E-state index contributed by atoms with van der Waals surface area (Å²) in [5, 5.41) is 9.43. The van der Waals surface area contributed by atoms with Gasteiger partial charge in [0.15, 0.2) is 0 Å². The molecule has 1 unspecified atom stereocenters. The zero-order chi connectivity index (χ0) is 10.3. The predicted molar refractivity (Wildman–Crippen MR) is 54.8 cm³/mol. The Morgan fingerprint density at radius 2 is 2.40 bits per heavy atom. The second-order valence-electron chi connectivity index (χ2n) is 3.80. The van der Waals surface area contributed by atoms with Gasteiger partial charge in [-0.1, -0.05) is 0 Å². The maximum atomic E-state index is 9.43. The third kappa shape index (κ3) is 1.37. The zero-order valence-corrected chi connectivity index (χ0v) is 8.26. The van der Waals surface area contributed by atoms with Crippen molar-refractivity contribution < 1.29 is 9.84 Å². The van der Waals surface area contributed by atoms with Gasteiger partial charge in [-0.25, -0.2) is 4.98 Å². The monoisotopic (exact) mass is 204 g/mol. The summed E-state index contributed by atoms with van der Waals surface area (Å²) in [6, 6.07) is 3.51. The molecule has 4 heteroatoms. The molecule has 2 aromatic rings. The number of ether oxygens (including phenoxy) is 1. The Labute approximate surface area is 87.1 Å². The van der Waals surface area contributed by atoms with Crippen LogP contribution in [0.1, 0.15) is 24.8 Å². The molecule has 1 atom stereocenters. The fraction of sp³-hybridized carbons (Fsp3) is 0.364. The molecule has 1 aliphatic heterocycles. The molecule has 0 saturated carbocycles. The number of nitrogens with zero attached hydrogens (tertiary/aromatic N) is 2. The van der Waals surface area contributed by atoms with Crippen molar-refractivity contribution >= 4 is 5.52 Å². The Kier molecular flexibility index (Phi) is 1.89. The lowest BCUT2D eigenvalue weighted by molar-refractivity contribution is 0.104. The van der Waals surface area contributed by atoms with Gasteiger partial charge in [0.2, 0.25) is 0 Å². The van der Waals surface area contributed by atoms with Gasteiger partial charge < -0.3 is 9.84 Å². The van der Waals surface area contributed by atoms with E-state index in [-0.39, 0.29) is 11.9 Å². The average Bonchev–Trinajstić information content (AvgIpc) is 2.83. The summed E-state index contributed by atoms with van der Waals surface area (Å²) in [6.07, 6.45) is 5.65. The molecular formula is C11H12N2O2. The highest BCUT2D eigenvalue weighted by Crippen LogP contribution is 2.28. The zero-order valence-electron chi connectivity index (χ0n) is 8.26. The number of rotatable bonds is 1. The summed E-state index contributed by atoms with van der Waals surface area (Å²) < 4.78 is 7.47. The van der Waals surface area contributed by atoms with Crippen LogP contribution in [0.4, 0.5) is 0 Å². The number of fused-ring (bicyclic) bond motifs is 1. The van der Waals surface area contributed by atoms with Gasteiger partial charge >= 0.3 is 0 Å². The summed E-state index contributed by atoms with van der Waals surface area (Å²) in [5.41, 5.74) is 0.985. The van der Waals surface area contributed by atoms with E-state index in [4.69, 9.17) is 4.74 Å². The Bertz CT molecular complexity index is 486. The summed E-state index contributed by atoms with van der Waals surface area (Å²) >= 11 is 0. The van der Waals surface area contributed by atoms with Gasteiger partial charge in [-0.3, -0.25) is 4.40 Å². The van der Waals surface area contributed by atoms with Crippen LogP contribution in [0.2, 0.25) is 0 Å². The predicted octanol–water partition coefficient (Wildman–Crippen LogP) is 1.89. The largest absolute Gasteiger partial charge is 0.506 e. The van der Waals surface area contributed by atoms with E-state index in [1.807, 2.05) is 10.5 Å². The van der Waals surface area contributed by atoms with Crippen LogP contribution in [0, 0.1) is 0 Å². The van der Waals surface area contributed by atoms with Crippen LogP contribution in [0.15, 0.2) is 24.5 Å². The number of aromatic hydroxyl groups is 1. The van der Waals surface area contributed by atoms with Gasteiger partial charge in [-0.05, 0) is 25.0 Å². The number of hydrogen-bond acceptors (Lipinski definition) is 3. The van der Waals surface area contributed by atoms with Crippen molar-refractivity contribution in [3.8, 4) is 5.75 Å². The maximum Gasteiger partial charge on any atom is 0.142 e. The van der Waals surface area contributed by atoms with E-state index in [0.717, 1.165) is 30.8 Å². The molecule has 3 rings (SSSR count). The van der Waals surface area contributed by atoms with Crippen LogP contribution >= 0.6 is 0 Å². The molecule has 15 heavy (non-hydrogen) atoms. The molecule has 78 valence electrons. The lowest BCUT2D eigenvalue weighted by Crippen LogP contribution is -2.02. The molecule has 1 fully saturated rings. The van der Waals surface area contributed by atoms with E-state index >= 15 is 0 Å². The fourth-order valence-corrected chi connectivity index (χ4v) is 2.02. The lowest BCUT2D eigenvalue weighted by Gasteiger charge is -2.08. The third-order valence-electron chi connectivity index (χ3n) is 2.76. The second kappa shape index (κ2) is 3.24. The molecule has 0 spiro atoms. The van der Waals surface area contributed by atoms with Gasteiger partial charge in [0.1, 0.15) is 17.7 Å². The number of pyridine rings is 1. The molecule has 0 amide bonds. The van der Waals surface area contributed by atoms with E-state index in [9.17, 15) is 5.11 Å². The van der Waals surface area contributed by atoms with Gasteiger partial charge in [0.05, 0.1) is 17.9 Å². The quantitative estimate of drug-likeness (QED) is 0.771. The van der Waals surface area contributed by atoms with Crippen LogP contribution < -0.4 is 0 Å². The summed E-state index contributed by atoms with van der Waals surface area (Å²) in [6.45, 7) is 0.804. The standard InChI is InChI=1S/C11H12N2O2/c14-9-4-3-8-6-12-11(13(8)7-9)10-2-1-5-15-10/h3-4,6-7,10,14H,1-2,5H2. The minimum absolute atomic E-state index is 0.0781. The highest BCUT2D eigenvalue weighted by molar-refractivity contribution is 5.48. The molecule has 4 nitrogen and oxygen atoms in total. The average molecular weight is 204 g/mol. The van der Waals surface area contributed by atoms with Crippen LogP contribution in [0.25, 0.3) is 5.52 Å². The van der Waals surface area contributed by atoms with Gasteiger partial charge in [-0.2, -0.15) is 0 Å². The first-order valence-corrected chi connectivity index (χ1v) is 5.12. The Morgan fingerprint density at radius 3 is 3.20 bits per heavy atom. The number of imidazole rings is 1. The second-order valence-corrected chi connectivity index (χ2v) is 3.80. The van der Waals surface area contributed by atoms with E-state index in [1.165, 1.54) is 0 Å². The van der Waals surface area contributed by atoms with Crippen LogP contribution in [-0.2, 0) is 4.74 Å². The molecule has 0 radical (unpaired) electrons. The molecule has 2 aromatic heterocycles. The van der Waals surface area contributed by atoms with E-state index in [1.54, 1.807) is 18.5 Å². The van der Waals surface area contributed by atoms with Crippen molar-refractivity contribution in [2.75, 3.05) is 6.61 Å². The molecular weight excluding hydrogens is 192 g/mol. The first-order valence-electron chi connectivity index (χ1n) is 5.12. The van der Waals surface area contributed by atoms with Crippen molar-refractivity contribution in [1.29, 1.82) is 0 Å². The SMILES string of the molecule is Oc1ccc2cnc(C3CCCO3)n2c1. The van der Waals surface area contributed by atoms with Crippen LogP contribution in [0.3, 0.4) is 0 Å². The minimum Gasteiger partial charge on any atom is -0.506 e. The molecule has 1 saturated heterocycles. The van der Waals surface area contributed by atoms with Crippen molar-refractivity contribution in [1.82, 2.24) is 9.38 Å². The Morgan fingerprint density at radius 1 is 1.47 bits per heavy atom. The van der Waals surface area contributed by atoms with Crippen molar-refractivity contribution in [2.24, 2.45) is 0 Å². The fourth-order valence-electron chi connectivity index (χ4n) is 2.02. The topological polar surface area (TPSA) is 46.8 Å². The minimum atomic E-state index is 0.0781. The first-order chi connectivity index (χ1) is 7.34. The first kappa shape index (κ1) is 8.73. The van der Waals surface area contributed by atoms with Crippen molar-refractivity contribution in [3.63, 3.8) is 0 Å². The third-order valence-corrected chi connectivity index (χ3v) is 2.76. The van der Waals surface area contributed by atoms with E-state index < -0.39 is 0 Å². The molecule has 1 N–H and O–H groups in total. The highest BCUT2D eigenvalue weighted by atomic mass is 16.5. The van der Waals surface area contributed by atoms with E-state index in [0.29, 0.717) is 0 Å². The van der Waals surface area contributed by atoms with E-state index in [2.05, 4.69) is 4.98 Å². The molecule has 1 aliphatic rings. The smallest absolute Gasteiger partial charge is 0.142 e. The summed E-state index contributed by atoms with van der Waals surface area (Å²) in [5.74, 6) is 1.14. The summed E-state index contributed by atoms with van der Waals surface area (Å²) in [7, 11) is 0. The van der Waals surface area contributed by atoms with Gasteiger partial charge in [0.25, 0.3) is 0 Å². The molecule has 0 bridgehead atoms. The Hall–Kier alpha value is -1.55. The van der Waals surface area contributed by atoms with Crippen molar-refractivity contribution in [3.05, 3.63) is 30.4 Å². The van der Waals surface area contributed by atoms with Crippen LogP contribution in [0.5, 0.6) is 5.75 Å². The maximum absolute atomic E-state index is 9.43. The molecule has 3 heterocycles. The molecule has 0 aromatic carbocycles. The normalized spacial score (nSPS) is 21.2. The van der Waals surface area contributed by atoms with Crippen LogP contribution in [-0.4, -0.2) is 21.1 Å².